The lowest BCUT2D eigenvalue weighted by Crippen LogP contribution is -2.45. The molecule has 176 valence electrons. The predicted octanol–water partition coefficient (Wildman–Crippen LogP) is 3.50. The van der Waals surface area contributed by atoms with Gasteiger partial charge in [0, 0.05) is 43.2 Å². The summed E-state index contributed by atoms with van der Waals surface area (Å²) >= 11 is 0. The fourth-order valence-electron chi connectivity index (χ4n) is 4.29. The van der Waals surface area contributed by atoms with Crippen LogP contribution in [0, 0.1) is 28.9 Å². The number of aliphatic hydroxyl groups is 1. The van der Waals surface area contributed by atoms with Crippen LogP contribution in [0.4, 0.5) is 14.6 Å². The number of amides is 1. The van der Waals surface area contributed by atoms with Crippen molar-refractivity contribution in [3.05, 3.63) is 53.6 Å². The minimum atomic E-state index is -1.01. The Balaban J connectivity index is 1.78. The molecule has 0 spiro atoms. The third-order valence-electron chi connectivity index (χ3n) is 5.97. The highest BCUT2D eigenvalue weighted by atomic mass is 19.2. The molecule has 1 atom stereocenters. The number of aliphatic hydroxyl groups excluding tert-OH is 1. The van der Waals surface area contributed by atoms with E-state index in [1.165, 1.54) is 0 Å². The molecule has 4 rings (SSSR count). The zero-order valence-corrected chi connectivity index (χ0v) is 19.0. The Hall–Kier alpha value is -3.64. The minimum absolute atomic E-state index is 0.0370. The molecule has 0 radical (unpaired) electrons. The molecule has 1 aromatic heterocycles. The maximum atomic E-state index is 13.9. The highest BCUT2D eigenvalue weighted by Crippen LogP contribution is 2.33. The van der Waals surface area contributed by atoms with Gasteiger partial charge in [0.2, 0.25) is 5.91 Å². The maximum absolute atomic E-state index is 13.9. The summed E-state index contributed by atoms with van der Waals surface area (Å²) in [7, 11) is 0. The quantitative estimate of drug-likeness (QED) is 0.599. The van der Waals surface area contributed by atoms with Crippen molar-refractivity contribution in [2.24, 2.45) is 5.92 Å². The molecular weight excluding hydrogens is 440 g/mol. The van der Waals surface area contributed by atoms with Crippen molar-refractivity contribution in [1.29, 1.82) is 5.26 Å². The van der Waals surface area contributed by atoms with E-state index in [9.17, 15) is 23.9 Å². The number of halogens is 2. The summed E-state index contributed by atoms with van der Waals surface area (Å²) in [5.41, 5.74) is 1.92. The van der Waals surface area contributed by atoms with E-state index < -0.39 is 11.6 Å². The molecule has 3 aromatic rings. The van der Waals surface area contributed by atoms with Crippen LogP contribution in [0.1, 0.15) is 25.8 Å². The third kappa shape index (κ3) is 4.54. The van der Waals surface area contributed by atoms with Gasteiger partial charge in [0.25, 0.3) is 0 Å². The Morgan fingerprint density at radius 1 is 1.24 bits per heavy atom. The first-order valence-electron chi connectivity index (χ1n) is 11.2. The second kappa shape index (κ2) is 9.69. The molecule has 0 aliphatic carbocycles. The summed E-state index contributed by atoms with van der Waals surface area (Å²) < 4.78 is 27.8. The summed E-state index contributed by atoms with van der Waals surface area (Å²) in [5.74, 6) is -1.80. The van der Waals surface area contributed by atoms with Gasteiger partial charge in [-0.05, 0) is 18.6 Å². The van der Waals surface area contributed by atoms with E-state index in [4.69, 9.17) is 0 Å². The lowest BCUT2D eigenvalue weighted by atomic mass is 10.1. The van der Waals surface area contributed by atoms with Crippen molar-refractivity contribution >= 4 is 22.8 Å². The molecule has 9 heteroatoms. The van der Waals surface area contributed by atoms with Gasteiger partial charge >= 0.3 is 0 Å². The molecule has 1 aliphatic rings. The molecule has 0 unspecified atom stereocenters. The first-order chi connectivity index (χ1) is 16.3. The SMILES string of the molecule is CC(C)C(=O)N(CCO)[C@H]1CCN(c2nc3cc(F)c(F)cc3nc2-c2cccc(C#N)c2)C1. The summed E-state index contributed by atoms with van der Waals surface area (Å²) in [4.78, 5) is 25.6. The molecule has 1 N–H and O–H groups in total. The van der Waals surface area contributed by atoms with Crippen LogP contribution in [-0.2, 0) is 4.79 Å². The third-order valence-corrected chi connectivity index (χ3v) is 5.97. The van der Waals surface area contributed by atoms with Crippen LogP contribution < -0.4 is 4.90 Å². The number of carbonyl (C=O) groups excluding carboxylic acids is 1. The van der Waals surface area contributed by atoms with Crippen molar-refractivity contribution in [3.8, 4) is 17.3 Å². The van der Waals surface area contributed by atoms with Gasteiger partial charge in [-0.25, -0.2) is 18.7 Å². The van der Waals surface area contributed by atoms with Gasteiger partial charge in [-0.2, -0.15) is 5.26 Å². The van der Waals surface area contributed by atoms with Gasteiger partial charge < -0.3 is 14.9 Å². The Morgan fingerprint density at radius 3 is 2.59 bits per heavy atom. The maximum Gasteiger partial charge on any atom is 0.225 e. The molecule has 2 aromatic carbocycles. The van der Waals surface area contributed by atoms with Crippen molar-refractivity contribution in [2.45, 2.75) is 26.3 Å². The molecule has 1 amide bonds. The highest BCUT2D eigenvalue weighted by molar-refractivity contribution is 5.84. The van der Waals surface area contributed by atoms with E-state index in [0.717, 1.165) is 12.1 Å². The molecule has 0 saturated carbocycles. The number of fused-ring (bicyclic) bond motifs is 1. The van der Waals surface area contributed by atoms with Crippen LogP contribution in [0.25, 0.3) is 22.3 Å². The molecule has 1 aliphatic heterocycles. The monoisotopic (exact) mass is 465 g/mol. The standard InChI is InChI=1S/C25H25F2N5O2/c1-15(2)25(34)32(8-9-33)18-6-7-31(14-18)24-23(17-5-3-4-16(10-17)13-28)29-21-11-19(26)20(27)12-22(21)30-24/h3-5,10-12,15,18,33H,6-9,14H2,1-2H3/t18-/m0/s1. The lowest BCUT2D eigenvalue weighted by molar-refractivity contribution is -0.137. The fraction of sp³-hybridized carbons (Fsp3) is 0.360. The fourth-order valence-corrected chi connectivity index (χ4v) is 4.29. The topological polar surface area (TPSA) is 93.3 Å². The van der Waals surface area contributed by atoms with Crippen molar-refractivity contribution in [3.63, 3.8) is 0 Å². The average Bonchev–Trinajstić information content (AvgIpc) is 3.32. The van der Waals surface area contributed by atoms with E-state index in [-0.39, 0.29) is 42.1 Å². The van der Waals surface area contributed by atoms with Crippen LogP contribution in [-0.4, -0.2) is 58.2 Å². The first kappa shape index (κ1) is 23.5. The average molecular weight is 466 g/mol. The van der Waals surface area contributed by atoms with E-state index in [1.807, 2.05) is 18.7 Å². The largest absolute Gasteiger partial charge is 0.395 e. The number of hydrogen-bond donors (Lipinski definition) is 1. The zero-order chi connectivity index (χ0) is 24.4. The number of rotatable bonds is 6. The zero-order valence-electron chi connectivity index (χ0n) is 19.0. The number of nitrogens with zero attached hydrogens (tertiary/aromatic N) is 5. The molecule has 34 heavy (non-hydrogen) atoms. The van der Waals surface area contributed by atoms with Crippen LogP contribution in [0.2, 0.25) is 0 Å². The molecule has 1 saturated heterocycles. The summed E-state index contributed by atoms with van der Waals surface area (Å²) in [5, 5.41) is 18.8. The van der Waals surface area contributed by atoms with Crippen LogP contribution >= 0.6 is 0 Å². The van der Waals surface area contributed by atoms with E-state index >= 15 is 0 Å². The first-order valence-corrected chi connectivity index (χ1v) is 11.2. The molecule has 0 bridgehead atoms. The van der Waals surface area contributed by atoms with E-state index in [2.05, 4.69) is 16.0 Å². The minimum Gasteiger partial charge on any atom is -0.395 e. The van der Waals surface area contributed by atoms with Gasteiger partial charge in [0.1, 0.15) is 5.69 Å². The van der Waals surface area contributed by atoms with Gasteiger partial charge in [0.15, 0.2) is 17.5 Å². The Morgan fingerprint density at radius 2 is 1.94 bits per heavy atom. The smallest absolute Gasteiger partial charge is 0.225 e. The second-order valence-electron chi connectivity index (χ2n) is 8.64. The predicted molar refractivity (Wildman–Crippen MR) is 124 cm³/mol. The highest BCUT2D eigenvalue weighted by Gasteiger charge is 2.33. The number of nitriles is 1. The van der Waals surface area contributed by atoms with Gasteiger partial charge in [0.05, 0.1) is 35.3 Å². The number of benzene rings is 2. The summed E-state index contributed by atoms with van der Waals surface area (Å²) in [6.45, 7) is 4.76. The Kier molecular flexibility index (Phi) is 6.70. The Labute approximate surface area is 196 Å². The van der Waals surface area contributed by atoms with Gasteiger partial charge in [-0.15, -0.1) is 0 Å². The van der Waals surface area contributed by atoms with Crippen LogP contribution in [0.15, 0.2) is 36.4 Å². The normalized spacial score (nSPS) is 15.7. The number of aromatic nitrogens is 2. The summed E-state index contributed by atoms with van der Waals surface area (Å²) in [6, 6.07) is 10.8. The molecule has 1 fully saturated rings. The van der Waals surface area contributed by atoms with Gasteiger partial charge in [-0.1, -0.05) is 26.0 Å². The van der Waals surface area contributed by atoms with Crippen LogP contribution in [0.5, 0.6) is 0 Å². The lowest BCUT2D eigenvalue weighted by Gasteiger charge is -2.30. The van der Waals surface area contributed by atoms with Crippen LogP contribution in [0.3, 0.4) is 0 Å². The number of anilines is 1. The van der Waals surface area contributed by atoms with Crippen molar-refractivity contribution in [1.82, 2.24) is 14.9 Å². The van der Waals surface area contributed by atoms with Gasteiger partial charge in [-0.3, -0.25) is 4.79 Å². The number of carbonyl (C=O) groups is 1. The van der Waals surface area contributed by atoms with Crippen molar-refractivity contribution in [2.75, 3.05) is 31.1 Å². The van der Waals surface area contributed by atoms with E-state index in [1.54, 1.807) is 29.2 Å². The van der Waals surface area contributed by atoms with Crippen molar-refractivity contribution < 1.29 is 18.7 Å². The molecule has 7 nitrogen and oxygen atoms in total. The van der Waals surface area contributed by atoms with E-state index in [0.29, 0.717) is 42.1 Å². The number of hydrogen-bond acceptors (Lipinski definition) is 6. The molecular formula is C25H25F2N5O2. The summed E-state index contributed by atoms with van der Waals surface area (Å²) in [6.07, 6.45) is 0.660. The Bertz CT molecular complexity index is 1270. The second-order valence-corrected chi connectivity index (χ2v) is 8.64. The molecule has 2 heterocycles.